The summed E-state index contributed by atoms with van der Waals surface area (Å²) in [6.07, 6.45) is 5.52. The minimum Gasteiger partial charge on any atom is -0.337 e. The van der Waals surface area contributed by atoms with Gasteiger partial charge in [-0.15, -0.1) is 11.3 Å². The lowest BCUT2D eigenvalue weighted by Crippen LogP contribution is -2.39. The molecule has 1 saturated heterocycles. The highest BCUT2D eigenvalue weighted by Crippen LogP contribution is 2.26. The Morgan fingerprint density at radius 2 is 2.40 bits per heavy atom. The molecule has 1 atom stereocenters. The van der Waals surface area contributed by atoms with Crippen LogP contribution in [0.5, 0.6) is 0 Å². The van der Waals surface area contributed by atoms with Crippen molar-refractivity contribution in [3.63, 3.8) is 0 Å². The number of piperidine rings is 1. The molecule has 0 unspecified atom stereocenters. The summed E-state index contributed by atoms with van der Waals surface area (Å²) in [6.45, 7) is 3.44. The monoisotopic (exact) mass is 288 g/mol. The van der Waals surface area contributed by atoms with Gasteiger partial charge in [-0.1, -0.05) is 0 Å². The van der Waals surface area contributed by atoms with Crippen molar-refractivity contribution in [1.29, 1.82) is 0 Å². The van der Waals surface area contributed by atoms with E-state index < -0.39 is 0 Å². The fourth-order valence-electron chi connectivity index (χ4n) is 2.58. The summed E-state index contributed by atoms with van der Waals surface area (Å²) in [5.74, 6) is 1.18. The third kappa shape index (κ3) is 2.70. The summed E-state index contributed by atoms with van der Waals surface area (Å²) in [5, 5.41) is 0. The zero-order chi connectivity index (χ0) is 13.9. The highest BCUT2D eigenvalue weighted by Gasteiger charge is 2.26. The third-order valence-electron chi connectivity index (χ3n) is 3.57. The molecule has 1 fully saturated rings. The van der Waals surface area contributed by atoms with Gasteiger partial charge in [-0.25, -0.2) is 9.97 Å². The quantitative estimate of drug-likeness (QED) is 0.850. The number of likely N-dealkylation sites (tertiary alicyclic amines) is 1. The zero-order valence-corrected chi connectivity index (χ0v) is 12.1. The average Bonchev–Trinajstić information content (AvgIpc) is 3.01. The normalized spacial score (nSPS) is 19.1. The summed E-state index contributed by atoms with van der Waals surface area (Å²) in [4.78, 5) is 27.6. The van der Waals surface area contributed by atoms with Crippen molar-refractivity contribution in [2.75, 3.05) is 13.1 Å². The number of nitrogens with zero attached hydrogens (tertiary/aromatic N) is 4. The first-order chi connectivity index (χ1) is 9.74. The number of thiazole rings is 1. The van der Waals surface area contributed by atoms with Gasteiger partial charge in [0.2, 0.25) is 0 Å². The number of aryl methyl sites for hydroxylation is 1. The smallest absolute Gasteiger partial charge is 0.265 e. The molecule has 0 aromatic carbocycles. The first-order valence-electron chi connectivity index (χ1n) is 6.71. The van der Waals surface area contributed by atoms with Crippen LogP contribution in [0.4, 0.5) is 0 Å². The molecular formula is C14H16N4OS. The molecule has 6 heteroatoms. The summed E-state index contributed by atoms with van der Waals surface area (Å²) < 4.78 is 0. The van der Waals surface area contributed by atoms with Crippen LogP contribution in [0.3, 0.4) is 0 Å². The minimum absolute atomic E-state index is 0.0861. The fourth-order valence-corrected chi connectivity index (χ4v) is 3.17. The fraction of sp³-hybridized carbons (Fsp3) is 0.429. The van der Waals surface area contributed by atoms with E-state index in [2.05, 4.69) is 15.0 Å². The van der Waals surface area contributed by atoms with Gasteiger partial charge < -0.3 is 4.90 Å². The first-order valence-corrected chi connectivity index (χ1v) is 7.59. The van der Waals surface area contributed by atoms with E-state index in [-0.39, 0.29) is 5.91 Å². The molecule has 20 heavy (non-hydrogen) atoms. The molecule has 1 aliphatic rings. The van der Waals surface area contributed by atoms with E-state index in [9.17, 15) is 4.79 Å². The molecule has 3 rings (SSSR count). The summed E-state index contributed by atoms with van der Waals surface area (Å²) in [6, 6.07) is 1.96. The SMILES string of the molecule is Cc1nccc([C@@H]2CCCN(C(=O)c3cncs3)C2)n1. The van der Waals surface area contributed by atoms with Gasteiger partial charge in [0.1, 0.15) is 10.7 Å². The van der Waals surface area contributed by atoms with Crippen molar-refractivity contribution in [2.45, 2.75) is 25.7 Å². The van der Waals surface area contributed by atoms with Gasteiger partial charge >= 0.3 is 0 Å². The van der Waals surface area contributed by atoms with E-state index >= 15 is 0 Å². The Balaban J connectivity index is 1.75. The average molecular weight is 288 g/mol. The lowest BCUT2D eigenvalue weighted by atomic mass is 9.94. The molecule has 5 nitrogen and oxygen atoms in total. The number of rotatable bonds is 2. The molecule has 104 valence electrons. The van der Waals surface area contributed by atoms with E-state index in [0.717, 1.165) is 37.4 Å². The number of amides is 1. The maximum absolute atomic E-state index is 12.4. The number of carbonyl (C=O) groups excluding carboxylic acids is 1. The Morgan fingerprint density at radius 3 is 3.15 bits per heavy atom. The molecule has 3 heterocycles. The number of carbonyl (C=O) groups is 1. The Hall–Kier alpha value is -1.82. The number of hydrogen-bond donors (Lipinski definition) is 0. The van der Waals surface area contributed by atoms with Gasteiger partial charge in [-0.05, 0) is 25.8 Å². The molecule has 2 aromatic rings. The van der Waals surface area contributed by atoms with Crippen molar-refractivity contribution < 1.29 is 4.79 Å². The molecule has 0 spiro atoms. The van der Waals surface area contributed by atoms with Crippen LogP contribution in [-0.4, -0.2) is 38.8 Å². The van der Waals surface area contributed by atoms with Crippen molar-refractivity contribution in [1.82, 2.24) is 19.9 Å². The van der Waals surface area contributed by atoms with Crippen LogP contribution in [0.15, 0.2) is 24.0 Å². The van der Waals surface area contributed by atoms with E-state index in [0.29, 0.717) is 10.8 Å². The van der Waals surface area contributed by atoms with Gasteiger partial charge in [0, 0.05) is 30.9 Å². The maximum atomic E-state index is 12.4. The predicted molar refractivity (Wildman–Crippen MR) is 76.8 cm³/mol. The second kappa shape index (κ2) is 5.66. The van der Waals surface area contributed by atoms with Gasteiger partial charge in [0.25, 0.3) is 5.91 Å². The topological polar surface area (TPSA) is 59.0 Å². The largest absolute Gasteiger partial charge is 0.337 e. The number of hydrogen-bond acceptors (Lipinski definition) is 5. The van der Waals surface area contributed by atoms with E-state index in [1.165, 1.54) is 11.3 Å². The molecule has 0 aliphatic carbocycles. The van der Waals surface area contributed by atoms with Crippen molar-refractivity contribution in [2.24, 2.45) is 0 Å². The lowest BCUT2D eigenvalue weighted by Gasteiger charge is -2.32. The van der Waals surface area contributed by atoms with Gasteiger partial charge in [0.05, 0.1) is 11.7 Å². The van der Waals surface area contributed by atoms with Crippen LogP contribution in [-0.2, 0) is 0 Å². The molecular weight excluding hydrogens is 272 g/mol. The first kappa shape index (κ1) is 13.2. The van der Waals surface area contributed by atoms with Crippen LogP contribution in [0, 0.1) is 6.92 Å². The summed E-state index contributed by atoms with van der Waals surface area (Å²) >= 11 is 1.40. The van der Waals surface area contributed by atoms with Gasteiger partial charge in [-0.3, -0.25) is 9.78 Å². The minimum atomic E-state index is 0.0861. The van der Waals surface area contributed by atoms with Gasteiger partial charge in [0.15, 0.2) is 0 Å². The lowest BCUT2D eigenvalue weighted by molar-refractivity contribution is 0.0710. The highest BCUT2D eigenvalue weighted by atomic mass is 32.1. The molecule has 0 bridgehead atoms. The second-order valence-electron chi connectivity index (χ2n) is 4.98. The van der Waals surface area contributed by atoms with E-state index in [1.54, 1.807) is 17.9 Å². The summed E-state index contributed by atoms with van der Waals surface area (Å²) in [7, 11) is 0. The maximum Gasteiger partial charge on any atom is 0.265 e. The zero-order valence-electron chi connectivity index (χ0n) is 11.3. The molecule has 2 aromatic heterocycles. The standard InChI is InChI=1S/C14H16N4OS/c1-10-16-5-4-12(17-10)11-3-2-6-18(8-11)14(19)13-7-15-9-20-13/h4-5,7,9,11H,2-3,6,8H2,1H3/t11-/m1/s1. The molecule has 0 N–H and O–H groups in total. The Morgan fingerprint density at radius 1 is 1.50 bits per heavy atom. The van der Waals surface area contributed by atoms with Crippen LogP contribution in [0.2, 0.25) is 0 Å². The molecule has 1 amide bonds. The predicted octanol–water partition coefficient (Wildman–Crippen LogP) is 2.26. The Bertz CT molecular complexity index is 599. The van der Waals surface area contributed by atoms with Gasteiger partial charge in [-0.2, -0.15) is 0 Å². The summed E-state index contributed by atoms with van der Waals surface area (Å²) in [5.41, 5.74) is 2.74. The van der Waals surface area contributed by atoms with Crippen molar-refractivity contribution >= 4 is 17.2 Å². The molecule has 0 radical (unpaired) electrons. The van der Waals surface area contributed by atoms with Crippen molar-refractivity contribution in [3.8, 4) is 0 Å². The van der Waals surface area contributed by atoms with Crippen LogP contribution in [0.25, 0.3) is 0 Å². The highest BCUT2D eigenvalue weighted by molar-refractivity contribution is 7.11. The molecule has 1 aliphatic heterocycles. The van der Waals surface area contributed by atoms with Crippen LogP contribution in [0.1, 0.15) is 39.9 Å². The second-order valence-corrected chi connectivity index (χ2v) is 5.87. The molecule has 0 saturated carbocycles. The van der Waals surface area contributed by atoms with Crippen LogP contribution < -0.4 is 0 Å². The Kier molecular flexibility index (Phi) is 3.73. The van der Waals surface area contributed by atoms with Crippen LogP contribution >= 0.6 is 11.3 Å². The van der Waals surface area contributed by atoms with Crippen molar-refractivity contribution in [3.05, 3.63) is 40.4 Å². The van der Waals surface area contributed by atoms with E-state index in [4.69, 9.17) is 0 Å². The third-order valence-corrected chi connectivity index (χ3v) is 4.33. The number of aromatic nitrogens is 3. The van der Waals surface area contributed by atoms with E-state index in [1.807, 2.05) is 17.9 Å². The Labute approximate surface area is 121 Å².